The SMILES string of the molecule is CCN1CCOC2(CCCOC2)C1. The first-order valence-electron chi connectivity index (χ1n) is 5.29. The second kappa shape index (κ2) is 3.95. The second-order valence-corrected chi connectivity index (χ2v) is 4.06. The summed E-state index contributed by atoms with van der Waals surface area (Å²) in [5, 5.41) is 0. The van der Waals surface area contributed by atoms with Crippen LogP contribution in [0.15, 0.2) is 0 Å². The van der Waals surface area contributed by atoms with Gasteiger partial charge in [-0.2, -0.15) is 0 Å². The molecular formula is C10H19NO2. The summed E-state index contributed by atoms with van der Waals surface area (Å²) in [4.78, 5) is 2.46. The number of nitrogens with zero attached hydrogens (tertiary/aromatic N) is 1. The van der Waals surface area contributed by atoms with Crippen LogP contribution >= 0.6 is 0 Å². The molecular weight excluding hydrogens is 166 g/mol. The van der Waals surface area contributed by atoms with Gasteiger partial charge in [-0.1, -0.05) is 6.92 Å². The second-order valence-electron chi connectivity index (χ2n) is 4.06. The molecule has 13 heavy (non-hydrogen) atoms. The molecule has 0 amide bonds. The van der Waals surface area contributed by atoms with Crippen LogP contribution in [-0.2, 0) is 9.47 Å². The van der Waals surface area contributed by atoms with E-state index in [4.69, 9.17) is 9.47 Å². The van der Waals surface area contributed by atoms with Crippen molar-refractivity contribution in [2.24, 2.45) is 0 Å². The molecule has 2 rings (SSSR count). The van der Waals surface area contributed by atoms with Gasteiger partial charge in [-0.3, -0.25) is 4.90 Å². The van der Waals surface area contributed by atoms with E-state index in [9.17, 15) is 0 Å². The number of likely N-dealkylation sites (N-methyl/N-ethyl adjacent to an activating group) is 1. The summed E-state index contributed by atoms with van der Waals surface area (Å²) in [6.07, 6.45) is 2.32. The van der Waals surface area contributed by atoms with Crippen LogP contribution in [0, 0.1) is 0 Å². The van der Waals surface area contributed by atoms with Crippen molar-refractivity contribution in [1.29, 1.82) is 0 Å². The minimum atomic E-state index is 0.0342. The summed E-state index contributed by atoms with van der Waals surface area (Å²) in [5.41, 5.74) is 0.0342. The lowest BCUT2D eigenvalue weighted by molar-refractivity contribution is -0.167. The van der Waals surface area contributed by atoms with Crippen molar-refractivity contribution in [3.63, 3.8) is 0 Å². The van der Waals surface area contributed by atoms with Crippen molar-refractivity contribution in [2.75, 3.05) is 39.5 Å². The Labute approximate surface area is 80.0 Å². The van der Waals surface area contributed by atoms with E-state index in [1.807, 2.05) is 0 Å². The zero-order valence-corrected chi connectivity index (χ0v) is 8.42. The van der Waals surface area contributed by atoms with E-state index < -0.39 is 0 Å². The van der Waals surface area contributed by atoms with E-state index in [1.54, 1.807) is 0 Å². The summed E-state index contributed by atoms with van der Waals surface area (Å²) in [7, 11) is 0. The maximum absolute atomic E-state index is 5.87. The van der Waals surface area contributed by atoms with Crippen LogP contribution in [0.25, 0.3) is 0 Å². The van der Waals surface area contributed by atoms with Crippen molar-refractivity contribution in [3.8, 4) is 0 Å². The Bertz CT molecular complexity index is 161. The van der Waals surface area contributed by atoms with Crippen LogP contribution in [-0.4, -0.2) is 50.0 Å². The van der Waals surface area contributed by atoms with Crippen LogP contribution in [0.2, 0.25) is 0 Å². The molecule has 0 aromatic rings. The van der Waals surface area contributed by atoms with E-state index in [0.29, 0.717) is 0 Å². The van der Waals surface area contributed by atoms with E-state index >= 15 is 0 Å². The number of rotatable bonds is 1. The fraction of sp³-hybridized carbons (Fsp3) is 1.00. The quantitative estimate of drug-likeness (QED) is 0.605. The third-order valence-electron chi connectivity index (χ3n) is 3.06. The fourth-order valence-electron chi connectivity index (χ4n) is 2.26. The summed E-state index contributed by atoms with van der Waals surface area (Å²) in [5.74, 6) is 0. The normalized spacial score (nSPS) is 36.7. The zero-order chi connectivity index (χ0) is 9.15. The van der Waals surface area contributed by atoms with Gasteiger partial charge in [0, 0.05) is 19.7 Å². The van der Waals surface area contributed by atoms with Gasteiger partial charge in [0.2, 0.25) is 0 Å². The Morgan fingerprint density at radius 2 is 2.31 bits per heavy atom. The smallest absolute Gasteiger partial charge is 0.104 e. The van der Waals surface area contributed by atoms with Crippen LogP contribution in [0.5, 0.6) is 0 Å². The lowest BCUT2D eigenvalue weighted by atomic mass is 9.94. The molecule has 0 aromatic carbocycles. The van der Waals surface area contributed by atoms with Gasteiger partial charge in [-0.15, -0.1) is 0 Å². The van der Waals surface area contributed by atoms with Gasteiger partial charge in [0.25, 0.3) is 0 Å². The molecule has 0 bridgehead atoms. The van der Waals surface area contributed by atoms with Crippen LogP contribution in [0.1, 0.15) is 19.8 Å². The number of hydrogen-bond acceptors (Lipinski definition) is 3. The van der Waals surface area contributed by atoms with Gasteiger partial charge >= 0.3 is 0 Å². The van der Waals surface area contributed by atoms with E-state index in [1.165, 1.54) is 6.42 Å². The van der Waals surface area contributed by atoms with Gasteiger partial charge in [-0.05, 0) is 19.4 Å². The molecule has 0 aromatic heterocycles. The van der Waals surface area contributed by atoms with E-state index in [0.717, 1.165) is 45.9 Å². The third-order valence-corrected chi connectivity index (χ3v) is 3.06. The average Bonchev–Trinajstić information content (AvgIpc) is 2.19. The maximum Gasteiger partial charge on any atom is 0.104 e. The van der Waals surface area contributed by atoms with Gasteiger partial charge < -0.3 is 9.47 Å². The highest BCUT2D eigenvalue weighted by molar-refractivity contribution is 4.89. The molecule has 0 aliphatic carbocycles. The molecule has 1 spiro atoms. The molecule has 2 aliphatic heterocycles. The lowest BCUT2D eigenvalue weighted by Gasteiger charge is -2.44. The largest absolute Gasteiger partial charge is 0.378 e. The molecule has 3 nitrogen and oxygen atoms in total. The highest BCUT2D eigenvalue weighted by Crippen LogP contribution is 2.27. The summed E-state index contributed by atoms with van der Waals surface area (Å²) >= 11 is 0. The Kier molecular flexibility index (Phi) is 2.86. The number of hydrogen-bond donors (Lipinski definition) is 0. The van der Waals surface area contributed by atoms with Gasteiger partial charge in [-0.25, -0.2) is 0 Å². The molecule has 0 N–H and O–H groups in total. The van der Waals surface area contributed by atoms with E-state index in [2.05, 4.69) is 11.8 Å². The Hall–Kier alpha value is -0.120. The van der Waals surface area contributed by atoms with Crippen molar-refractivity contribution in [3.05, 3.63) is 0 Å². The highest BCUT2D eigenvalue weighted by atomic mass is 16.5. The summed E-state index contributed by atoms with van der Waals surface area (Å²) < 4.78 is 11.4. The first-order chi connectivity index (χ1) is 6.35. The van der Waals surface area contributed by atoms with Crippen LogP contribution in [0.4, 0.5) is 0 Å². The number of morpholine rings is 1. The van der Waals surface area contributed by atoms with Gasteiger partial charge in [0.15, 0.2) is 0 Å². The Morgan fingerprint density at radius 1 is 1.38 bits per heavy atom. The highest BCUT2D eigenvalue weighted by Gasteiger charge is 2.37. The molecule has 0 radical (unpaired) electrons. The summed E-state index contributed by atoms with van der Waals surface area (Å²) in [6, 6.07) is 0. The van der Waals surface area contributed by atoms with Crippen LogP contribution < -0.4 is 0 Å². The topological polar surface area (TPSA) is 21.7 Å². The number of ether oxygens (including phenoxy) is 2. The average molecular weight is 185 g/mol. The maximum atomic E-state index is 5.87. The monoisotopic (exact) mass is 185 g/mol. The van der Waals surface area contributed by atoms with Crippen molar-refractivity contribution >= 4 is 0 Å². The van der Waals surface area contributed by atoms with E-state index in [-0.39, 0.29) is 5.60 Å². The zero-order valence-electron chi connectivity index (χ0n) is 8.42. The Balaban J connectivity index is 1.95. The standard InChI is InChI=1S/C10H19NO2/c1-2-11-5-7-13-10(8-11)4-3-6-12-9-10/h2-9H2,1H3. The molecule has 76 valence electrons. The predicted octanol–water partition coefficient (Wildman–Crippen LogP) is 0.888. The molecule has 2 saturated heterocycles. The molecule has 2 heterocycles. The third kappa shape index (κ3) is 2.03. The van der Waals surface area contributed by atoms with Crippen molar-refractivity contribution in [2.45, 2.75) is 25.4 Å². The lowest BCUT2D eigenvalue weighted by Crippen LogP contribution is -2.55. The molecule has 3 heteroatoms. The summed E-state index contributed by atoms with van der Waals surface area (Å²) in [6.45, 7) is 8.06. The molecule has 1 atom stereocenters. The molecule has 0 saturated carbocycles. The first kappa shape index (κ1) is 9.44. The molecule has 2 aliphatic rings. The van der Waals surface area contributed by atoms with Gasteiger partial charge in [0.05, 0.1) is 13.2 Å². The predicted molar refractivity (Wildman–Crippen MR) is 50.9 cm³/mol. The van der Waals surface area contributed by atoms with Crippen LogP contribution in [0.3, 0.4) is 0 Å². The molecule has 2 fully saturated rings. The fourth-order valence-corrected chi connectivity index (χ4v) is 2.26. The van der Waals surface area contributed by atoms with Crippen molar-refractivity contribution < 1.29 is 9.47 Å². The minimum absolute atomic E-state index is 0.0342. The minimum Gasteiger partial charge on any atom is -0.378 e. The first-order valence-corrected chi connectivity index (χ1v) is 5.29. The van der Waals surface area contributed by atoms with Gasteiger partial charge in [0.1, 0.15) is 5.60 Å². The Morgan fingerprint density at radius 3 is 3.00 bits per heavy atom. The molecule has 1 unspecified atom stereocenters. The van der Waals surface area contributed by atoms with Crippen molar-refractivity contribution in [1.82, 2.24) is 4.90 Å².